The summed E-state index contributed by atoms with van der Waals surface area (Å²) in [5.41, 5.74) is -1.12. The maximum Gasteiger partial charge on any atom is 0.416 e. The topological polar surface area (TPSA) is 87.4 Å². The second kappa shape index (κ2) is 5.53. The van der Waals surface area contributed by atoms with Gasteiger partial charge in [0.1, 0.15) is 11.3 Å². The van der Waals surface area contributed by atoms with Crippen LogP contribution in [0, 0.1) is 11.3 Å². The van der Waals surface area contributed by atoms with Crippen LogP contribution >= 0.6 is 0 Å². The smallest absolute Gasteiger partial charge is 0.353 e. The summed E-state index contributed by atoms with van der Waals surface area (Å²) in [6.45, 7) is -0.00132. The minimum atomic E-state index is -4.69. The third-order valence-electron chi connectivity index (χ3n) is 3.39. The van der Waals surface area contributed by atoms with Crippen LogP contribution in [0.2, 0.25) is 0 Å². The van der Waals surface area contributed by atoms with Gasteiger partial charge in [0.05, 0.1) is 17.1 Å². The molecule has 1 aliphatic rings. The highest BCUT2D eigenvalue weighted by Crippen LogP contribution is 2.35. The Kier molecular flexibility index (Phi) is 4.21. The first-order valence-electron chi connectivity index (χ1n) is 6.30. The van der Waals surface area contributed by atoms with Gasteiger partial charge in [-0.05, 0) is 31.0 Å². The van der Waals surface area contributed by atoms with E-state index < -0.39 is 37.5 Å². The molecule has 9 heteroatoms. The highest BCUT2D eigenvalue weighted by molar-refractivity contribution is 7.92. The van der Waals surface area contributed by atoms with Crippen molar-refractivity contribution < 1.29 is 31.4 Å². The molecular formula is C13H12F3NO4S. The minimum Gasteiger partial charge on any atom is -0.353 e. The Labute approximate surface area is 124 Å². The maximum absolute atomic E-state index is 12.7. The lowest BCUT2D eigenvalue weighted by molar-refractivity contribution is -0.179. The van der Waals surface area contributed by atoms with E-state index >= 15 is 0 Å². The van der Waals surface area contributed by atoms with Crippen molar-refractivity contribution in [3.63, 3.8) is 0 Å². The first-order valence-corrected chi connectivity index (χ1v) is 7.84. The zero-order chi connectivity index (χ0) is 16.6. The van der Waals surface area contributed by atoms with E-state index in [-0.39, 0.29) is 19.4 Å². The maximum atomic E-state index is 12.7. The average molecular weight is 335 g/mol. The van der Waals surface area contributed by atoms with E-state index in [9.17, 15) is 26.7 Å². The monoisotopic (exact) mass is 335 g/mol. The summed E-state index contributed by atoms with van der Waals surface area (Å²) in [5.74, 6) is -2.56. The number of hydrogen-bond acceptors (Lipinski definition) is 5. The largest absolute Gasteiger partial charge is 0.416 e. The predicted molar refractivity (Wildman–Crippen MR) is 68.2 cm³/mol. The van der Waals surface area contributed by atoms with Crippen LogP contribution in [0.1, 0.15) is 18.4 Å². The quantitative estimate of drug-likeness (QED) is 0.834. The number of nitrogens with zero attached hydrogens (tertiary/aromatic N) is 1. The van der Waals surface area contributed by atoms with Crippen LogP contribution in [-0.2, 0) is 20.8 Å². The van der Waals surface area contributed by atoms with Crippen LogP contribution < -0.4 is 0 Å². The molecule has 0 spiro atoms. The number of hydrogen-bond donors (Lipinski definition) is 1. The highest BCUT2D eigenvalue weighted by Gasteiger charge is 2.49. The van der Waals surface area contributed by atoms with Crippen LogP contribution in [0.4, 0.5) is 13.2 Å². The van der Waals surface area contributed by atoms with E-state index in [0.717, 1.165) is 18.2 Å². The Morgan fingerprint density at radius 3 is 2.68 bits per heavy atom. The van der Waals surface area contributed by atoms with E-state index in [0.29, 0.717) is 6.07 Å². The fourth-order valence-corrected chi connectivity index (χ4v) is 4.17. The van der Waals surface area contributed by atoms with Crippen molar-refractivity contribution in [3.05, 3.63) is 29.8 Å². The average Bonchev–Trinajstić information content (AvgIpc) is 2.47. The Balaban J connectivity index is 2.49. The van der Waals surface area contributed by atoms with Crippen molar-refractivity contribution in [3.8, 4) is 6.07 Å². The van der Waals surface area contributed by atoms with Crippen molar-refractivity contribution in [2.24, 2.45) is 0 Å². The zero-order valence-electron chi connectivity index (χ0n) is 11.2. The van der Waals surface area contributed by atoms with E-state index in [1.54, 1.807) is 0 Å². The van der Waals surface area contributed by atoms with Crippen molar-refractivity contribution in [2.45, 2.75) is 35.0 Å². The Hall–Kier alpha value is -1.63. The van der Waals surface area contributed by atoms with Crippen LogP contribution in [0.25, 0.3) is 0 Å². The second-order valence-electron chi connectivity index (χ2n) is 4.86. The van der Waals surface area contributed by atoms with Gasteiger partial charge < -0.3 is 9.84 Å². The molecule has 1 heterocycles. The Bertz CT molecular complexity index is 711. The number of sulfone groups is 1. The minimum absolute atomic E-state index is 0.00132. The molecule has 1 aliphatic heterocycles. The van der Waals surface area contributed by atoms with Gasteiger partial charge in [0, 0.05) is 0 Å². The molecule has 0 aliphatic carbocycles. The lowest BCUT2D eigenvalue weighted by Crippen LogP contribution is -2.51. The number of aliphatic hydroxyl groups is 1. The lowest BCUT2D eigenvalue weighted by atomic mass is 10.1. The number of halogens is 3. The molecule has 0 saturated carbocycles. The van der Waals surface area contributed by atoms with Gasteiger partial charge in [-0.1, -0.05) is 6.07 Å². The van der Waals surface area contributed by atoms with Gasteiger partial charge in [-0.2, -0.15) is 18.4 Å². The molecule has 0 bridgehead atoms. The summed E-state index contributed by atoms with van der Waals surface area (Å²) in [4.78, 5) is -0.605. The molecule has 120 valence electrons. The molecule has 2 rings (SSSR count). The molecule has 5 nitrogen and oxygen atoms in total. The SMILES string of the molecule is N#CC1(O)OCCCC1S(=O)(=O)c1cccc(C(F)(F)F)c1. The number of benzene rings is 1. The summed E-state index contributed by atoms with van der Waals surface area (Å²) in [6, 6.07) is 4.57. The first kappa shape index (κ1) is 16.7. The zero-order valence-corrected chi connectivity index (χ0v) is 12.0. The fraction of sp³-hybridized carbons (Fsp3) is 0.462. The van der Waals surface area contributed by atoms with Gasteiger partial charge in [0.2, 0.25) is 0 Å². The fourth-order valence-electron chi connectivity index (χ4n) is 2.27. The third kappa shape index (κ3) is 2.95. The standard InChI is InChI=1S/C13H12F3NO4S/c14-13(15,16)9-3-1-4-10(7-9)22(19,20)11-5-2-6-21-12(11,18)8-17/h1,3-4,7,11,18H,2,5-6H2. The van der Waals surface area contributed by atoms with Crippen LogP contribution in [-0.4, -0.2) is 31.2 Å². The number of alkyl halides is 3. The summed E-state index contributed by atoms with van der Waals surface area (Å²) >= 11 is 0. The van der Waals surface area contributed by atoms with Crippen molar-refractivity contribution >= 4 is 9.84 Å². The van der Waals surface area contributed by atoms with Gasteiger partial charge in [0.15, 0.2) is 9.84 Å². The van der Waals surface area contributed by atoms with E-state index in [1.165, 1.54) is 6.07 Å². The first-order chi connectivity index (χ1) is 10.1. The number of nitriles is 1. The lowest BCUT2D eigenvalue weighted by Gasteiger charge is -2.33. The second-order valence-corrected chi connectivity index (χ2v) is 6.99. The van der Waals surface area contributed by atoms with E-state index in [1.807, 2.05) is 0 Å². The molecule has 22 heavy (non-hydrogen) atoms. The summed E-state index contributed by atoms with van der Waals surface area (Å²) < 4.78 is 67.9. The van der Waals surface area contributed by atoms with Gasteiger partial charge in [-0.3, -0.25) is 0 Å². The molecule has 1 saturated heterocycles. The normalized spacial score (nSPS) is 26.4. The predicted octanol–water partition coefficient (Wildman–Crippen LogP) is 1.87. The molecule has 1 N–H and O–H groups in total. The van der Waals surface area contributed by atoms with Crippen LogP contribution in [0.15, 0.2) is 29.2 Å². The summed E-state index contributed by atoms with van der Waals surface area (Å²) in [5, 5.41) is 17.3. The molecule has 1 fully saturated rings. The molecule has 1 aromatic carbocycles. The van der Waals surface area contributed by atoms with Crippen LogP contribution in [0.5, 0.6) is 0 Å². The molecule has 0 aromatic heterocycles. The number of ether oxygens (including phenoxy) is 1. The van der Waals surface area contributed by atoms with E-state index in [2.05, 4.69) is 0 Å². The van der Waals surface area contributed by atoms with Gasteiger partial charge >= 0.3 is 6.18 Å². The third-order valence-corrected chi connectivity index (χ3v) is 5.61. The molecule has 0 radical (unpaired) electrons. The van der Waals surface area contributed by atoms with Crippen molar-refractivity contribution in [1.29, 1.82) is 5.26 Å². The van der Waals surface area contributed by atoms with Gasteiger partial charge in [-0.25, -0.2) is 8.42 Å². The van der Waals surface area contributed by atoms with Gasteiger partial charge in [-0.15, -0.1) is 0 Å². The number of rotatable bonds is 2. The van der Waals surface area contributed by atoms with Crippen molar-refractivity contribution in [2.75, 3.05) is 6.61 Å². The van der Waals surface area contributed by atoms with Crippen molar-refractivity contribution in [1.82, 2.24) is 0 Å². The molecule has 2 unspecified atom stereocenters. The molecular weight excluding hydrogens is 323 g/mol. The van der Waals surface area contributed by atoms with Gasteiger partial charge in [0.25, 0.3) is 5.79 Å². The Morgan fingerprint density at radius 2 is 2.09 bits per heavy atom. The van der Waals surface area contributed by atoms with E-state index in [4.69, 9.17) is 10.00 Å². The molecule has 2 atom stereocenters. The highest BCUT2D eigenvalue weighted by atomic mass is 32.2. The Morgan fingerprint density at radius 1 is 1.41 bits per heavy atom. The van der Waals surface area contributed by atoms with Crippen LogP contribution in [0.3, 0.4) is 0 Å². The molecule has 0 amide bonds. The summed E-state index contributed by atoms with van der Waals surface area (Å²) in [6.07, 6.45) is -4.50. The summed E-state index contributed by atoms with van der Waals surface area (Å²) in [7, 11) is -4.36. The molecule has 1 aromatic rings.